The summed E-state index contributed by atoms with van der Waals surface area (Å²) in [5.74, 6) is 1.89. The minimum Gasteiger partial charge on any atom is -0.369 e. The third kappa shape index (κ3) is 4.09. The number of fused-ring (bicyclic) bond motifs is 1. The lowest BCUT2D eigenvalue weighted by molar-refractivity contribution is 0.855. The summed E-state index contributed by atoms with van der Waals surface area (Å²) in [6.45, 7) is 5.13. The number of aryl methyl sites for hydroxylation is 3. The molecule has 5 heteroatoms. The smallest absolute Gasteiger partial charge is 0.138 e. The van der Waals surface area contributed by atoms with Gasteiger partial charge in [0.1, 0.15) is 16.5 Å². The Balaban J connectivity index is 1.65. The second-order valence-corrected chi connectivity index (χ2v) is 7.73. The van der Waals surface area contributed by atoms with Crippen molar-refractivity contribution in [2.75, 3.05) is 11.9 Å². The van der Waals surface area contributed by atoms with Crippen LogP contribution in [0.5, 0.6) is 0 Å². The number of hydrogen-bond acceptors (Lipinski definition) is 4. The number of thiophene rings is 1. The Labute approximate surface area is 149 Å². The number of anilines is 1. The summed E-state index contributed by atoms with van der Waals surface area (Å²) in [6, 6.07) is 10.7. The van der Waals surface area contributed by atoms with Crippen molar-refractivity contribution >= 4 is 43.3 Å². The van der Waals surface area contributed by atoms with Gasteiger partial charge in [-0.25, -0.2) is 9.97 Å². The first-order valence-electron chi connectivity index (χ1n) is 7.91. The monoisotopic (exact) mass is 389 g/mol. The standard InChI is InChI=1S/C18H20BrN3S/c1-3-16-21-17(15-11-12(2)23-18(15)22-16)20-10-4-5-13-6-8-14(19)9-7-13/h6-9,11H,3-5,10H2,1-2H3,(H,20,21,22). The van der Waals surface area contributed by atoms with Crippen molar-refractivity contribution < 1.29 is 0 Å². The molecule has 0 aliphatic carbocycles. The van der Waals surface area contributed by atoms with Gasteiger partial charge < -0.3 is 5.32 Å². The van der Waals surface area contributed by atoms with Crippen LogP contribution in [0.2, 0.25) is 0 Å². The topological polar surface area (TPSA) is 37.8 Å². The molecule has 3 nitrogen and oxygen atoms in total. The molecule has 2 heterocycles. The Morgan fingerprint density at radius 2 is 1.96 bits per heavy atom. The number of nitrogens with zero attached hydrogens (tertiary/aromatic N) is 2. The maximum atomic E-state index is 4.67. The van der Waals surface area contributed by atoms with Crippen LogP contribution in [-0.2, 0) is 12.8 Å². The second kappa shape index (κ2) is 7.41. The van der Waals surface area contributed by atoms with Gasteiger partial charge in [-0.05, 0) is 43.5 Å². The average molecular weight is 390 g/mol. The number of hydrogen-bond donors (Lipinski definition) is 1. The highest BCUT2D eigenvalue weighted by Gasteiger charge is 2.09. The second-order valence-electron chi connectivity index (χ2n) is 5.57. The lowest BCUT2D eigenvalue weighted by Gasteiger charge is -2.08. The zero-order chi connectivity index (χ0) is 16.2. The molecule has 0 aliphatic heterocycles. The molecule has 0 amide bonds. The zero-order valence-electron chi connectivity index (χ0n) is 13.4. The number of aromatic nitrogens is 2. The van der Waals surface area contributed by atoms with E-state index in [9.17, 15) is 0 Å². The van der Waals surface area contributed by atoms with E-state index in [1.807, 2.05) is 0 Å². The summed E-state index contributed by atoms with van der Waals surface area (Å²) in [5.41, 5.74) is 1.36. The molecule has 3 aromatic rings. The zero-order valence-corrected chi connectivity index (χ0v) is 15.8. The molecule has 1 aromatic carbocycles. The predicted molar refractivity (Wildman–Crippen MR) is 102 cm³/mol. The van der Waals surface area contributed by atoms with Gasteiger partial charge in [0, 0.05) is 22.3 Å². The molecule has 2 aromatic heterocycles. The molecule has 0 aliphatic rings. The van der Waals surface area contributed by atoms with Gasteiger partial charge in [-0.1, -0.05) is 35.0 Å². The fourth-order valence-electron chi connectivity index (χ4n) is 2.53. The first kappa shape index (κ1) is 16.4. The summed E-state index contributed by atoms with van der Waals surface area (Å²) < 4.78 is 1.13. The Morgan fingerprint density at radius 3 is 2.70 bits per heavy atom. The van der Waals surface area contributed by atoms with Gasteiger partial charge >= 0.3 is 0 Å². The Hall–Kier alpha value is -1.46. The molecule has 0 fully saturated rings. The molecule has 3 rings (SSSR count). The van der Waals surface area contributed by atoms with Crippen LogP contribution < -0.4 is 5.32 Å². The lowest BCUT2D eigenvalue weighted by atomic mass is 10.1. The van der Waals surface area contributed by atoms with E-state index in [1.54, 1.807) is 11.3 Å². The van der Waals surface area contributed by atoms with E-state index in [-0.39, 0.29) is 0 Å². The maximum absolute atomic E-state index is 4.67. The largest absolute Gasteiger partial charge is 0.369 e. The van der Waals surface area contributed by atoms with E-state index in [0.717, 1.165) is 52.1 Å². The average Bonchev–Trinajstić information content (AvgIpc) is 2.93. The van der Waals surface area contributed by atoms with Gasteiger partial charge in [0.25, 0.3) is 0 Å². The van der Waals surface area contributed by atoms with Crippen molar-refractivity contribution in [1.29, 1.82) is 0 Å². The van der Waals surface area contributed by atoms with Crippen LogP contribution in [0.1, 0.15) is 29.6 Å². The third-order valence-corrected chi connectivity index (χ3v) is 5.20. The molecular weight excluding hydrogens is 370 g/mol. The molecule has 23 heavy (non-hydrogen) atoms. The van der Waals surface area contributed by atoms with Crippen LogP contribution in [0.15, 0.2) is 34.8 Å². The van der Waals surface area contributed by atoms with Gasteiger partial charge in [-0.2, -0.15) is 0 Å². The predicted octanol–water partition coefficient (Wildman–Crippen LogP) is 5.37. The highest BCUT2D eigenvalue weighted by atomic mass is 79.9. The molecule has 120 valence electrons. The number of nitrogens with one attached hydrogen (secondary N) is 1. The summed E-state index contributed by atoms with van der Waals surface area (Å²) in [7, 11) is 0. The van der Waals surface area contributed by atoms with Crippen LogP contribution in [0, 0.1) is 6.92 Å². The number of rotatable bonds is 6. The number of benzene rings is 1. The van der Waals surface area contributed by atoms with Crippen LogP contribution in [-0.4, -0.2) is 16.5 Å². The molecule has 0 bridgehead atoms. The highest BCUT2D eigenvalue weighted by molar-refractivity contribution is 9.10. The van der Waals surface area contributed by atoms with E-state index in [2.05, 4.69) is 75.4 Å². The molecule has 0 saturated heterocycles. The Kier molecular flexibility index (Phi) is 5.28. The fraction of sp³-hybridized carbons (Fsp3) is 0.333. The summed E-state index contributed by atoms with van der Waals surface area (Å²) in [4.78, 5) is 11.7. The van der Waals surface area contributed by atoms with Crippen molar-refractivity contribution in [2.24, 2.45) is 0 Å². The van der Waals surface area contributed by atoms with Crippen LogP contribution in [0.3, 0.4) is 0 Å². The van der Waals surface area contributed by atoms with Crippen LogP contribution >= 0.6 is 27.3 Å². The molecule has 0 spiro atoms. The minimum atomic E-state index is 0.862. The van der Waals surface area contributed by atoms with Crippen molar-refractivity contribution in [3.8, 4) is 0 Å². The summed E-state index contributed by atoms with van der Waals surface area (Å²) in [6.07, 6.45) is 3.01. The Bertz CT molecular complexity index is 796. The molecule has 0 unspecified atom stereocenters. The third-order valence-electron chi connectivity index (χ3n) is 3.73. The summed E-state index contributed by atoms with van der Waals surface area (Å²) >= 11 is 5.21. The molecular formula is C18H20BrN3S. The van der Waals surface area contributed by atoms with E-state index < -0.39 is 0 Å². The lowest BCUT2D eigenvalue weighted by Crippen LogP contribution is -2.07. The van der Waals surface area contributed by atoms with Gasteiger partial charge in [0.05, 0.1) is 5.39 Å². The van der Waals surface area contributed by atoms with E-state index >= 15 is 0 Å². The molecule has 0 saturated carbocycles. The fourth-order valence-corrected chi connectivity index (χ4v) is 3.69. The summed E-state index contributed by atoms with van der Waals surface area (Å²) in [5, 5.41) is 4.65. The quantitative estimate of drug-likeness (QED) is 0.575. The molecule has 1 N–H and O–H groups in total. The first-order valence-corrected chi connectivity index (χ1v) is 9.52. The van der Waals surface area contributed by atoms with E-state index in [4.69, 9.17) is 0 Å². The SMILES string of the molecule is CCc1nc(NCCCc2ccc(Br)cc2)c2cc(C)sc2n1. The van der Waals surface area contributed by atoms with Gasteiger partial charge in [-0.15, -0.1) is 11.3 Å². The molecule has 0 radical (unpaired) electrons. The number of halogens is 1. The van der Waals surface area contributed by atoms with Crippen molar-refractivity contribution in [2.45, 2.75) is 33.1 Å². The Morgan fingerprint density at radius 1 is 1.17 bits per heavy atom. The van der Waals surface area contributed by atoms with Crippen molar-refractivity contribution in [3.05, 3.63) is 51.1 Å². The van der Waals surface area contributed by atoms with E-state index in [0.29, 0.717) is 0 Å². The van der Waals surface area contributed by atoms with Gasteiger partial charge in [0.15, 0.2) is 0 Å². The normalized spacial score (nSPS) is 11.1. The minimum absolute atomic E-state index is 0.862. The highest BCUT2D eigenvalue weighted by Crippen LogP contribution is 2.28. The molecule has 0 atom stereocenters. The van der Waals surface area contributed by atoms with Gasteiger partial charge in [-0.3, -0.25) is 0 Å². The van der Waals surface area contributed by atoms with Gasteiger partial charge in [0.2, 0.25) is 0 Å². The van der Waals surface area contributed by atoms with Crippen LogP contribution in [0.25, 0.3) is 10.2 Å². The van der Waals surface area contributed by atoms with Crippen LogP contribution in [0.4, 0.5) is 5.82 Å². The van der Waals surface area contributed by atoms with Crippen molar-refractivity contribution in [1.82, 2.24) is 9.97 Å². The van der Waals surface area contributed by atoms with E-state index in [1.165, 1.54) is 10.4 Å². The maximum Gasteiger partial charge on any atom is 0.138 e. The van der Waals surface area contributed by atoms with Crippen molar-refractivity contribution in [3.63, 3.8) is 0 Å². The first-order chi connectivity index (χ1) is 11.2.